The minimum atomic E-state index is 0.603. The molecule has 1 aliphatic rings. The van der Waals surface area contributed by atoms with E-state index in [2.05, 4.69) is 44.2 Å². The van der Waals surface area contributed by atoms with E-state index in [0.717, 1.165) is 44.6 Å². The summed E-state index contributed by atoms with van der Waals surface area (Å²) in [5.74, 6) is 1.29. The molecule has 152 valence electrons. The molecular formula is C24H24BrN5. The number of nitrogens with zero attached hydrogens (tertiary/aromatic N) is 4. The molecule has 0 atom stereocenters. The van der Waals surface area contributed by atoms with Crippen molar-refractivity contribution in [3.8, 4) is 22.4 Å². The molecule has 1 aliphatic carbocycles. The van der Waals surface area contributed by atoms with Crippen LogP contribution in [0.15, 0.2) is 59.3 Å². The number of halogens is 1. The lowest BCUT2D eigenvalue weighted by molar-refractivity contribution is 0.354. The fraction of sp³-hybridized carbons (Fsp3) is 0.292. The minimum Gasteiger partial charge on any atom is -0.383 e. The highest BCUT2D eigenvalue weighted by atomic mass is 79.9. The second-order valence-corrected chi connectivity index (χ2v) is 8.85. The van der Waals surface area contributed by atoms with Gasteiger partial charge in [-0.3, -0.25) is 4.98 Å². The summed E-state index contributed by atoms with van der Waals surface area (Å²) in [4.78, 5) is 9.65. The molecule has 0 aliphatic heterocycles. The Hall–Kier alpha value is -2.73. The highest BCUT2D eigenvalue weighted by molar-refractivity contribution is 9.10. The van der Waals surface area contributed by atoms with Gasteiger partial charge in [0.2, 0.25) is 0 Å². The summed E-state index contributed by atoms with van der Waals surface area (Å²) >= 11 is 3.67. The Kier molecular flexibility index (Phi) is 5.25. The lowest BCUT2D eigenvalue weighted by Crippen LogP contribution is -2.13. The van der Waals surface area contributed by atoms with Gasteiger partial charge < -0.3 is 5.73 Å². The molecule has 30 heavy (non-hydrogen) atoms. The monoisotopic (exact) mass is 461 g/mol. The van der Waals surface area contributed by atoms with Crippen LogP contribution in [0.1, 0.15) is 37.8 Å². The van der Waals surface area contributed by atoms with E-state index in [1.807, 2.05) is 36.7 Å². The third kappa shape index (κ3) is 3.60. The fourth-order valence-electron chi connectivity index (χ4n) is 4.38. The van der Waals surface area contributed by atoms with Crippen molar-refractivity contribution in [1.29, 1.82) is 0 Å². The molecule has 3 aromatic heterocycles. The third-order valence-corrected chi connectivity index (χ3v) is 6.91. The number of nitrogen functional groups attached to an aromatic ring is 1. The van der Waals surface area contributed by atoms with Crippen molar-refractivity contribution in [2.75, 3.05) is 5.73 Å². The number of rotatable bonds is 4. The van der Waals surface area contributed by atoms with Gasteiger partial charge in [0, 0.05) is 22.9 Å². The third-order valence-electron chi connectivity index (χ3n) is 6.04. The van der Waals surface area contributed by atoms with Gasteiger partial charge in [-0.2, -0.15) is 9.61 Å². The molecule has 4 aromatic rings. The van der Waals surface area contributed by atoms with Gasteiger partial charge >= 0.3 is 0 Å². The van der Waals surface area contributed by atoms with Crippen LogP contribution in [0.25, 0.3) is 28.0 Å². The molecule has 6 heteroatoms. The van der Waals surface area contributed by atoms with Crippen LogP contribution in [0.4, 0.5) is 5.82 Å². The summed E-state index contributed by atoms with van der Waals surface area (Å²) in [6.07, 6.45) is 11.2. The molecule has 2 N–H and O–H groups in total. The SMILES string of the molecule is Nc1c(Br)c(CC2CCCCC2)nc2c(-c3ccc(-c4ccccc4)nc3)cnn12. The fourth-order valence-corrected chi connectivity index (χ4v) is 4.80. The second-order valence-electron chi connectivity index (χ2n) is 8.06. The molecule has 5 nitrogen and oxygen atoms in total. The zero-order chi connectivity index (χ0) is 20.5. The molecule has 1 aromatic carbocycles. The zero-order valence-electron chi connectivity index (χ0n) is 16.8. The van der Waals surface area contributed by atoms with Crippen LogP contribution in [0.5, 0.6) is 0 Å². The molecular weight excluding hydrogens is 438 g/mol. The Morgan fingerprint density at radius 1 is 0.967 bits per heavy atom. The maximum Gasteiger partial charge on any atom is 0.165 e. The topological polar surface area (TPSA) is 69.1 Å². The van der Waals surface area contributed by atoms with Gasteiger partial charge in [0.15, 0.2) is 5.65 Å². The van der Waals surface area contributed by atoms with E-state index in [0.29, 0.717) is 11.7 Å². The van der Waals surface area contributed by atoms with E-state index in [4.69, 9.17) is 10.7 Å². The molecule has 0 saturated heterocycles. The number of nitrogens with two attached hydrogens (primary N) is 1. The van der Waals surface area contributed by atoms with E-state index in [1.165, 1.54) is 32.1 Å². The van der Waals surface area contributed by atoms with Crippen LogP contribution in [0, 0.1) is 5.92 Å². The molecule has 0 spiro atoms. The van der Waals surface area contributed by atoms with Gasteiger partial charge in [-0.1, -0.05) is 68.5 Å². The smallest absolute Gasteiger partial charge is 0.165 e. The molecule has 3 heterocycles. The van der Waals surface area contributed by atoms with Crippen molar-refractivity contribution in [2.24, 2.45) is 5.92 Å². The number of hydrogen-bond acceptors (Lipinski definition) is 4. The Morgan fingerprint density at radius 3 is 2.50 bits per heavy atom. The first kappa shape index (κ1) is 19.2. The number of hydrogen-bond donors (Lipinski definition) is 1. The molecule has 5 rings (SSSR count). The first-order valence-corrected chi connectivity index (χ1v) is 11.3. The Balaban J connectivity index is 1.51. The average Bonchev–Trinajstić information content (AvgIpc) is 3.23. The van der Waals surface area contributed by atoms with Gasteiger partial charge in [-0.05, 0) is 34.3 Å². The highest BCUT2D eigenvalue weighted by Crippen LogP contribution is 2.33. The van der Waals surface area contributed by atoms with Crippen LogP contribution in [0.3, 0.4) is 0 Å². The maximum absolute atomic E-state index is 6.41. The van der Waals surface area contributed by atoms with E-state index in [9.17, 15) is 0 Å². The quantitative estimate of drug-likeness (QED) is 0.409. The van der Waals surface area contributed by atoms with Crippen molar-refractivity contribution < 1.29 is 0 Å². The zero-order valence-corrected chi connectivity index (χ0v) is 18.3. The van der Waals surface area contributed by atoms with Crippen LogP contribution < -0.4 is 5.73 Å². The van der Waals surface area contributed by atoms with Crippen LogP contribution in [-0.4, -0.2) is 19.6 Å². The molecule has 0 radical (unpaired) electrons. The standard InChI is InChI=1S/C24H24BrN5/c25-22-21(13-16-7-3-1-4-8-16)29-24-19(15-28-30(24)23(22)26)18-11-12-20(27-14-18)17-9-5-2-6-10-17/h2,5-6,9-12,14-16H,1,3-4,7-8,13,26H2. The van der Waals surface area contributed by atoms with E-state index in [1.54, 1.807) is 4.52 Å². The predicted molar refractivity (Wildman–Crippen MR) is 124 cm³/mol. The minimum absolute atomic E-state index is 0.603. The second kappa shape index (κ2) is 8.19. The number of anilines is 1. The average molecular weight is 462 g/mol. The Bertz CT molecular complexity index is 1160. The Labute approximate surface area is 184 Å². The molecule has 0 bridgehead atoms. The maximum atomic E-state index is 6.41. The van der Waals surface area contributed by atoms with Crippen molar-refractivity contribution in [3.05, 3.63) is 65.0 Å². The number of fused-ring (bicyclic) bond motifs is 1. The molecule has 0 amide bonds. The first-order valence-electron chi connectivity index (χ1n) is 10.5. The largest absolute Gasteiger partial charge is 0.383 e. The van der Waals surface area contributed by atoms with Gasteiger partial charge in [0.05, 0.1) is 22.1 Å². The van der Waals surface area contributed by atoms with Crippen LogP contribution in [-0.2, 0) is 6.42 Å². The van der Waals surface area contributed by atoms with Gasteiger partial charge in [-0.15, -0.1) is 0 Å². The summed E-state index contributed by atoms with van der Waals surface area (Å²) in [6.45, 7) is 0. The molecule has 0 unspecified atom stereocenters. The van der Waals surface area contributed by atoms with Crippen molar-refractivity contribution in [1.82, 2.24) is 19.6 Å². The summed E-state index contributed by atoms with van der Waals surface area (Å²) in [7, 11) is 0. The Morgan fingerprint density at radius 2 is 1.77 bits per heavy atom. The van der Waals surface area contributed by atoms with Gasteiger partial charge in [-0.25, -0.2) is 4.98 Å². The lowest BCUT2D eigenvalue weighted by Gasteiger charge is -2.22. The van der Waals surface area contributed by atoms with Gasteiger partial charge in [0.1, 0.15) is 5.82 Å². The van der Waals surface area contributed by atoms with E-state index >= 15 is 0 Å². The van der Waals surface area contributed by atoms with Crippen molar-refractivity contribution >= 4 is 27.4 Å². The summed E-state index contributed by atoms with van der Waals surface area (Å²) in [5.41, 5.74) is 12.2. The van der Waals surface area contributed by atoms with E-state index in [-0.39, 0.29) is 0 Å². The van der Waals surface area contributed by atoms with Crippen LogP contribution in [0.2, 0.25) is 0 Å². The lowest BCUT2D eigenvalue weighted by atomic mass is 9.86. The summed E-state index contributed by atoms with van der Waals surface area (Å²) < 4.78 is 2.59. The summed E-state index contributed by atoms with van der Waals surface area (Å²) in [6, 6.07) is 14.3. The van der Waals surface area contributed by atoms with Crippen LogP contribution >= 0.6 is 15.9 Å². The summed E-state index contributed by atoms with van der Waals surface area (Å²) in [5, 5.41) is 4.50. The number of aromatic nitrogens is 4. The highest BCUT2D eigenvalue weighted by Gasteiger charge is 2.20. The van der Waals surface area contributed by atoms with Gasteiger partial charge in [0.25, 0.3) is 0 Å². The number of benzene rings is 1. The number of pyridine rings is 1. The van der Waals surface area contributed by atoms with E-state index < -0.39 is 0 Å². The van der Waals surface area contributed by atoms with Crippen molar-refractivity contribution in [2.45, 2.75) is 38.5 Å². The molecule has 1 saturated carbocycles. The predicted octanol–water partition coefficient (Wildman–Crippen LogP) is 5.93. The normalized spacial score (nSPS) is 15.0. The molecule has 1 fully saturated rings. The first-order chi connectivity index (χ1) is 14.7. The van der Waals surface area contributed by atoms with Crippen molar-refractivity contribution in [3.63, 3.8) is 0 Å².